The minimum absolute atomic E-state index is 0.00647. The number of carbonyl (C=O) groups is 8. The number of rotatable bonds is 30. The molecule has 0 fully saturated rings. The molecule has 0 aliphatic heterocycles. The number of phenols is 2. The maximum Gasteiger partial charge on any atom is 0.469 e. The van der Waals surface area contributed by atoms with Gasteiger partial charge in [0.05, 0.1) is 25.0 Å². The molecule has 7 amide bonds. The number of aliphatic imine (C=N–C) groups is 1. The van der Waals surface area contributed by atoms with Crippen LogP contribution in [0.15, 0.2) is 66.0 Å². The molecular formula is C46H68N13O14P. The lowest BCUT2D eigenvalue weighted by atomic mass is 9.98. The molecule has 0 radical (unpaired) electrons. The lowest BCUT2D eigenvalue weighted by Crippen LogP contribution is -2.62. The first-order chi connectivity index (χ1) is 34.8. The van der Waals surface area contributed by atoms with Crippen LogP contribution < -0.4 is 54.4 Å². The fraction of sp³-hybridized carbons (Fsp3) is 0.478. The third-order valence-corrected chi connectivity index (χ3v) is 11.5. The molecule has 0 aliphatic rings. The molecule has 3 rings (SSSR count). The summed E-state index contributed by atoms with van der Waals surface area (Å²) in [6.45, 7) is 6.56. The minimum atomic E-state index is -5.29. The Balaban J connectivity index is 1.87. The van der Waals surface area contributed by atoms with Gasteiger partial charge in [-0.2, -0.15) is 0 Å². The number of aromatic nitrogens is 2. The largest absolute Gasteiger partial charge is 0.508 e. The van der Waals surface area contributed by atoms with Crippen LogP contribution in [0.1, 0.15) is 64.3 Å². The van der Waals surface area contributed by atoms with Crippen LogP contribution in [0.25, 0.3) is 0 Å². The molecule has 1 aromatic heterocycles. The van der Waals surface area contributed by atoms with E-state index in [0.717, 1.165) is 0 Å². The van der Waals surface area contributed by atoms with E-state index in [-0.39, 0.29) is 56.1 Å². The summed E-state index contributed by atoms with van der Waals surface area (Å²) >= 11 is 0. The van der Waals surface area contributed by atoms with Gasteiger partial charge in [0, 0.05) is 31.3 Å². The van der Waals surface area contributed by atoms with Crippen LogP contribution in [0.2, 0.25) is 0 Å². The summed E-state index contributed by atoms with van der Waals surface area (Å²) in [5.74, 6) is -8.10. The summed E-state index contributed by atoms with van der Waals surface area (Å²) in [6, 6.07) is 0.639. The predicted molar refractivity (Wildman–Crippen MR) is 267 cm³/mol. The number of phosphoric ester groups is 1. The number of phosphoric acid groups is 1. The van der Waals surface area contributed by atoms with E-state index in [1.54, 1.807) is 26.0 Å². The lowest BCUT2D eigenvalue weighted by molar-refractivity contribution is -0.137. The number of carbonyl (C=O) groups excluding carboxylic acids is 8. The van der Waals surface area contributed by atoms with Crippen LogP contribution >= 0.6 is 7.82 Å². The van der Waals surface area contributed by atoms with E-state index < -0.39 is 116 Å². The molecule has 1 heterocycles. The van der Waals surface area contributed by atoms with Crippen molar-refractivity contribution < 1.29 is 67.4 Å². The van der Waals surface area contributed by atoms with E-state index in [2.05, 4.69) is 56.7 Å². The predicted octanol–water partition coefficient (Wildman–Crippen LogP) is -2.74. The van der Waals surface area contributed by atoms with Gasteiger partial charge in [-0.05, 0) is 73.4 Å². The van der Waals surface area contributed by atoms with Gasteiger partial charge in [-0.25, -0.2) is 9.55 Å². The van der Waals surface area contributed by atoms with Crippen molar-refractivity contribution in [2.75, 3.05) is 13.2 Å². The molecule has 406 valence electrons. The number of nitrogens with two attached hydrogens (primary N) is 3. The Hall–Kier alpha value is -7.45. The van der Waals surface area contributed by atoms with Crippen LogP contribution in [-0.4, -0.2) is 145 Å². The second-order valence-corrected chi connectivity index (χ2v) is 19.2. The van der Waals surface area contributed by atoms with Gasteiger partial charge in [0.25, 0.3) is 0 Å². The zero-order valence-corrected chi connectivity index (χ0v) is 42.4. The first-order valence-electron chi connectivity index (χ1n) is 23.4. The second-order valence-electron chi connectivity index (χ2n) is 18.0. The normalized spacial score (nSPS) is 14.6. The Morgan fingerprint density at radius 1 is 0.662 bits per heavy atom. The van der Waals surface area contributed by atoms with Crippen molar-refractivity contribution >= 4 is 61.4 Å². The third-order valence-electron chi connectivity index (χ3n) is 11.0. The molecule has 3 aromatic rings. The summed E-state index contributed by atoms with van der Waals surface area (Å²) in [5.41, 5.74) is 18.6. The quantitative estimate of drug-likeness (QED) is 0.0106. The molecule has 0 spiro atoms. The maximum atomic E-state index is 14.1. The molecule has 0 saturated heterocycles. The molecule has 0 saturated carbocycles. The van der Waals surface area contributed by atoms with Gasteiger partial charge in [-0.1, -0.05) is 52.0 Å². The van der Waals surface area contributed by atoms with E-state index >= 15 is 0 Å². The number of amides is 7. The van der Waals surface area contributed by atoms with Crippen LogP contribution in [0.5, 0.6) is 11.5 Å². The van der Waals surface area contributed by atoms with Crippen molar-refractivity contribution in [3.8, 4) is 11.5 Å². The van der Waals surface area contributed by atoms with Gasteiger partial charge in [0.2, 0.25) is 41.4 Å². The molecule has 27 nitrogen and oxygen atoms in total. The summed E-state index contributed by atoms with van der Waals surface area (Å²) in [7, 11) is -5.29. The number of H-pyrrole nitrogens is 1. The summed E-state index contributed by atoms with van der Waals surface area (Å²) in [5, 5.41) is 37.0. The SMILES string of the molecule is CC(C)[C@H](NC(=O)[C@H](COP(=O)(O)O)NC(=O)[C@H](Cc1cnc[nH]1)NC(=O)[C@@H](N)Cc1ccc(O)cc1)C(=O)N[C@H](C(=O)N[C@@H](CCCN=C(N)N)C(=O)N[C@@H](Cc1ccc(O)cc1)C(=O)N[C@@H](C)C=O)C(C)C. The van der Waals surface area contributed by atoms with Gasteiger partial charge in [0.15, 0.2) is 5.96 Å². The second kappa shape index (κ2) is 29.3. The highest BCUT2D eigenvalue weighted by molar-refractivity contribution is 7.46. The molecule has 18 N–H and O–H groups in total. The van der Waals surface area contributed by atoms with Gasteiger partial charge >= 0.3 is 7.82 Å². The Morgan fingerprint density at radius 2 is 1.12 bits per heavy atom. The molecule has 0 bridgehead atoms. The van der Waals surface area contributed by atoms with E-state index in [4.69, 9.17) is 17.2 Å². The van der Waals surface area contributed by atoms with E-state index in [1.165, 1.54) is 69.7 Å². The van der Waals surface area contributed by atoms with Gasteiger partial charge in [-0.3, -0.25) is 43.1 Å². The fourth-order valence-electron chi connectivity index (χ4n) is 7.02. The van der Waals surface area contributed by atoms with Gasteiger partial charge in [0.1, 0.15) is 54.0 Å². The highest BCUT2D eigenvalue weighted by Crippen LogP contribution is 2.35. The Labute approximate surface area is 426 Å². The highest BCUT2D eigenvalue weighted by atomic mass is 31.2. The Bertz CT molecular complexity index is 2430. The first kappa shape index (κ1) is 60.9. The Morgan fingerprint density at radius 3 is 1.64 bits per heavy atom. The first-order valence-corrected chi connectivity index (χ1v) is 24.9. The van der Waals surface area contributed by atoms with Gasteiger partial charge in [-0.15, -0.1) is 0 Å². The topological polar surface area (TPSA) is 447 Å². The van der Waals surface area contributed by atoms with Crippen LogP contribution in [0.3, 0.4) is 0 Å². The number of aromatic hydroxyl groups is 2. The van der Waals surface area contributed by atoms with E-state index in [1.807, 2.05) is 0 Å². The number of aromatic amines is 1. The number of phenolic OH excluding ortho intramolecular Hbond substituents is 2. The minimum Gasteiger partial charge on any atom is -0.508 e. The maximum absolute atomic E-state index is 14.1. The fourth-order valence-corrected chi connectivity index (χ4v) is 7.36. The average molecular weight is 1060 g/mol. The molecule has 0 aliphatic carbocycles. The molecular weight excluding hydrogens is 990 g/mol. The van der Waals surface area contributed by atoms with Crippen LogP contribution in [-0.2, 0) is 66.7 Å². The molecule has 0 unspecified atom stereocenters. The van der Waals surface area contributed by atoms with Crippen molar-refractivity contribution in [2.24, 2.45) is 34.0 Å². The number of imidazole rings is 1. The molecule has 28 heteroatoms. The smallest absolute Gasteiger partial charge is 0.469 e. The molecule has 2 aromatic carbocycles. The zero-order valence-electron chi connectivity index (χ0n) is 41.5. The number of aldehydes is 1. The number of hydrogen-bond acceptors (Lipinski definition) is 15. The summed E-state index contributed by atoms with van der Waals surface area (Å²) in [6.07, 6.45) is 2.88. The van der Waals surface area contributed by atoms with Crippen molar-refractivity contribution in [2.45, 2.75) is 115 Å². The summed E-state index contributed by atoms with van der Waals surface area (Å²) < 4.78 is 16.5. The van der Waals surface area contributed by atoms with Crippen LogP contribution in [0.4, 0.5) is 0 Å². The number of nitrogens with one attached hydrogen (secondary N) is 8. The van der Waals surface area contributed by atoms with Crippen molar-refractivity contribution in [1.82, 2.24) is 47.2 Å². The van der Waals surface area contributed by atoms with Gasteiger partial charge < -0.3 is 84.2 Å². The van der Waals surface area contributed by atoms with Crippen molar-refractivity contribution in [1.29, 1.82) is 0 Å². The third kappa shape index (κ3) is 21.3. The summed E-state index contributed by atoms with van der Waals surface area (Å²) in [4.78, 5) is 138. The Kier molecular flexibility index (Phi) is 24.1. The van der Waals surface area contributed by atoms with Crippen molar-refractivity contribution in [3.63, 3.8) is 0 Å². The molecule has 8 atom stereocenters. The average Bonchev–Trinajstić information content (AvgIpc) is 3.85. The highest BCUT2D eigenvalue weighted by Gasteiger charge is 2.37. The monoisotopic (exact) mass is 1060 g/mol. The zero-order chi connectivity index (χ0) is 55.3. The lowest BCUT2D eigenvalue weighted by Gasteiger charge is -2.30. The van der Waals surface area contributed by atoms with Crippen LogP contribution in [0, 0.1) is 11.8 Å². The number of hydrogen-bond donors (Lipinski definition) is 15. The van der Waals surface area contributed by atoms with E-state index in [0.29, 0.717) is 23.1 Å². The number of benzene rings is 2. The molecule has 74 heavy (non-hydrogen) atoms. The van der Waals surface area contributed by atoms with E-state index in [9.17, 15) is 62.9 Å². The van der Waals surface area contributed by atoms with Crippen molar-refractivity contribution in [3.05, 3.63) is 77.9 Å². The standard InChI is InChI=1S/C46H68N13O14P/c1-24(2)37(44(68)54-33(7-6-16-51-46(48)49)40(64)56-34(41(65)53-26(5)21-60)18-28-10-14-31(62)15-11-28)59-45(69)38(25(3)4)58-43(67)36(22-73-74(70,71)72)57-42(66)35(19-29-20-50-23-52-29)55-39(63)32(47)17-27-8-12-30(61)13-9-27/h8-15,20-21,23-26,32-38,61-62H,6-7,16-19,22,47H2,1-5H3,(H,50,52)(H,53,65)(H,54,68)(H,55,63)(H,56,64)(H,57,66)(H,58,67)(H,59,69)(H4,48,49,51)(H2,70,71,72)/t26-,32-,33-,34-,35-,36-,37-,38-/m0/s1. The number of guanidine groups is 1. The number of nitrogens with zero attached hydrogens (tertiary/aromatic N) is 2.